The van der Waals surface area contributed by atoms with Gasteiger partial charge in [-0.1, -0.05) is 30.3 Å². The van der Waals surface area contributed by atoms with Crippen LogP contribution in [0.25, 0.3) is 0 Å². The Bertz CT molecular complexity index is 467. The highest BCUT2D eigenvalue weighted by Gasteiger charge is 2.25. The molecule has 18 heavy (non-hydrogen) atoms. The van der Waals surface area contributed by atoms with E-state index in [9.17, 15) is 8.42 Å². The van der Waals surface area contributed by atoms with Crippen LogP contribution in [-0.2, 0) is 16.6 Å². The van der Waals surface area contributed by atoms with E-state index in [1.54, 1.807) is 7.05 Å². The lowest BCUT2D eigenvalue weighted by atomic mass is 10.2. The molecule has 1 unspecified atom stereocenters. The summed E-state index contributed by atoms with van der Waals surface area (Å²) in [4.78, 5) is 0. The van der Waals surface area contributed by atoms with Gasteiger partial charge in [-0.2, -0.15) is 0 Å². The molecule has 1 atom stereocenters. The van der Waals surface area contributed by atoms with Gasteiger partial charge >= 0.3 is 0 Å². The predicted molar refractivity (Wildman–Crippen MR) is 72.7 cm³/mol. The van der Waals surface area contributed by atoms with Crippen LogP contribution in [0.5, 0.6) is 0 Å². The smallest absolute Gasteiger partial charge is 0.215 e. The third kappa shape index (κ3) is 3.54. The molecule has 1 N–H and O–H groups in total. The SMILES string of the molecule is CN(Cc1ccccc1)S(=O)(=O)CC1CCCN1. The number of nitrogens with one attached hydrogen (secondary N) is 1. The van der Waals surface area contributed by atoms with Crippen molar-refractivity contribution in [1.29, 1.82) is 0 Å². The number of nitrogens with zero attached hydrogens (tertiary/aromatic N) is 1. The van der Waals surface area contributed by atoms with E-state index in [-0.39, 0.29) is 11.8 Å². The van der Waals surface area contributed by atoms with Crippen molar-refractivity contribution in [2.75, 3.05) is 19.3 Å². The molecule has 0 aliphatic carbocycles. The second-order valence-corrected chi connectivity index (χ2v) is 6.93. The maximum absolute atomic E-state index is 12.2. The van der Waals surface area contributed by atoms with E-state index in [2.05, 4.69) is 5.32 Å². The summed E-state index contributed by atoms with van der Waals surface area (Å²) in [5.41, 5.74) is 1.02. The van der Waals surface area contributed by atoms with Crippen molar-refractivity contribution in [3.05, 3.63) is 35.9 Å². The highest BCUT2D eigenvalue weighted by Crippen LogP contribution is 2.12. The summed E-state index contributed by atoms with van der Waals surface area (Å²) >= 11 is 0. The van der Waals surface area contributed by atoms with E-state index >= 15 is 0 Å². The molecule has 5 heteroatoms. The molecular formula is C13H20N2O2S. The van der Waals surface area contributed by atoms with Crippen LogP contribution >= 0.6 is 0 Å². The maximum atomic E-state index is 12.2. The first kappa shape index (κ1) is 13.5. The lowest BCUT2D eigenvalue weighted by molar-refractivity contribution is 0.459. The second-order valence-electron chi connectivity index (χ2n) is 4.81. The number of hydrogen-bond donors (Lipinski definition) is 1. The molecular weight excluding hydrogens is 248 g/mol. The van der Waals surface area contributed by atoms with Crippen LogP contribution in [0.3, 0.4) is 0 Å². The Morgan fingerprint density at radius 1 is 1.33 bits per heavy atom. The molecule has 1 heterocycles. The Morgan fingerprint density at radius 3 is 2.67 bits per heavy atom. The van der Waals surface area contributed by atoms with E-state index in [0.717, 1.165) is 24.9 Å². The van der Waals surface area contributed by atoms with Crippen LogP contribution in [0.2, 0.25) is 0 Å². The molecule has 1 fully saturated rings. The van der Waals surface area contributed by atoms with Gasteiger partial charge in [0, 0.05) is 19.6 Å². The highest BCUT2D eigenvalue weighted by molar-refractivity contribution is 7.89. The van der Waals surface area contributed by atoms with Crippen molar-refractivity contribution >= 4 is 10.0 Å². The van der Waals surface area contributed by atoms with Gasteiger partial charge in [-0.15, -0.1) is 0 Å². The third-order valence-electron chi connectivity index (χ3n) is 3.30. The van der Waals surface area contributed by atoms with Gasteiger partial charge in [0.25, 0.3) is 0 Å². The van der Waals surface area contributed by atoms with Gasteiger partial charge in [0.15, 0.2) is 0 Å². The number of rotatable bonds is 5. The van der Waals surface area contributed by atoms with Gasteiger partial charge in [0.2, 0.25) is 10.0 Å². The quantitative estimate of drug-likeness (QED) is 0.873. The minimum Gasteiger partial charge on any atom is -0.313 e. The van der Waals surface area contributed by atoms with Crippen molar-refractivity contribution in [2.45, 2.75) is 25.4 Å². The topological polar surface area (TPSA) is 49.4 Å². The molecule has 1 aliphatic heterocycles. The van der Waals surface area contributed by atoms with E-state index in [1.165, 1.54) is 4.31 Å². The molecule has 0 bridgehead atoms. The molecule has 1 aromatic rings. The van der Waals surface area contributed by atoms with E-state index in [1.807, 2.05) is 30.3 Å². The van der Waals surface area contributed by atoms with Crippen LogP contribution in [0, 0.1) is 0 Å². The molecule has 1 saturated heterocycles. The molecule has 100 valence electrons. The fraction of sp³-hybridized carbons (Fsp3) is 0.538. The minimum atomic E-state index is -3.17. The van der Waals surface area contributed by atoms with Crippen LogP contribution in [0.1, 0.15) is 18.4 Å². The average Bonchev–Trinajstić information content (AvgIpc) is 2.82. The standard InChI is InChI=1S/C13H20N2O2S/c1-15(10-12-6-3-2-4-7-12)18(16,17)11-13-8-5-9-14-13/h2-4,6-7,13-14H,5,8-11H2,1H3. The number of hydrogen-bond acceptors (Lipinski definition) is 3. The van der Waals surface area contributed by atoms with Crippen LogP contribution in [0.15, 0.2) is 30.3 Å². The van der Waals surface area contributed by atoms with Crippen LogP contribution < -0.4 is 5.32 Å². The summed E-state index contributed by atoms with van der Waals surface area (Å²) in [5, 5.41) is 3.23. The number of benzene rings is 1. The van der Waals surface area contributed by atoms with Crippen LogP contribution in [0.4, 0.5) is 0 Å². The van der Waals surface area contributed by atoms with Crippen molar-refractivity contribution in [3.63, 3.8) is 0 Å². The van der Waals surface area contributed by atoms with Crippen molar-refractivity contribution in [1.82, 2.24) is 9.62 Å². The first-order valence-electron chi connectivity index (χ1n) is 6.29. The molecule has 0 radical (unpaired) electrons. The zero-order valence-electron chi connectivity index (χ0n) is 10.7. The molecule has 0 spiro atoms. The zero-order valence-corrected chi connectivity index (χ0v) is 11.5. The fourth-order valence-corrected chi connectivity index (χ4v) is 3.61. The van der Waals surface area contributed by atoms with Gasteiger partial charge in [-0.05, 0) is 24.9 Å². The lowest BCUT2D eigenvalue weighted by Gasteiger charge is -2.19. The first-order valence-corrected chi connectivity index (χ1v) is 7.90. The molecule has 0 amide bonds. The summed E-state index contributed by atoms with van der Waals surface area (Å²) < 4.78 is 25.8. The van der Waals surface area contributed by atoms with Gasteiger partial charge in [0.1, 0.15) is 0 Å². The summed E-state index contributed by atoms with van der Waals surface area (Å²) in [7, 11) is -1.52. The second kappa shape index (κ2) is 5.82. The predicted octanol–water partition coefficient (Wildman–Crippen LogP) is 1.20. The monoisotopic (exact) mass is 268 g/mol. The third-order valence-corrected chi connectivity index (χ3v) is 5.20. The van der Waals surface area contributed by atoms with Gasteiger partial charge in [-0.3, -0.25) is 0 Å². The van der Waals surface area contributed by atoms with E-state index in [4.69, 9.17) is 0 Å². The molecule has 0 saturated carbocycles. The molecule has 2 rings (SSSR count). The summed E-state index contributed by atoms with van der Waals surface area (Å²) in [5.74, 6) is 0.205. The number of sulfonamides is 1. The largest absolute Gasteiger partial charge is 0.313 e. The van der Waals surface area contributed by atoms with Gasteiger partial charge < -0.3 is 5.32 Å². The summed E-state index contributed by atoms with van der Waals surface area (Å²) in [6, 6.07) is 9.79. The van der Waals surface area contributed by atoms with Crippen molar-refractivity contribution in [3.8, 4) is 0 Å². The highest BCUT2D eigenvalue weighted by atomic mass is 32.2. The van der Waals surface area contributed by atoms with Crippen molar-refractivity contribution in [2.24, 2.45) is 0 Å². The summed E-state index contributed by atoms with van der Waals surface area (Å²) in [6.07, 6.45) is 2.03. The van der Waals surface area contributed by atoms with Crippen molar-refractivity contribution < 1.29 is 8.42 Å². The Balaban J connectivity index is 1.96. The van der Waals surface area contributed by atoms with Gasteiger partial charge in [0.05, 0.1) is 5.75 Å². The molecule has 1 aromatic carbocycles. The zero-order chi connectivity index (χ0) is 13.0. The lowest BCUT2D eigenvalue weighted by Crippen LogP contribution is -2.37. The molecule has 0 aromatic heterocycles. The van der Waals surface area contributed by atoms with E-state index in [0.29, 0.717) is 6.54 Å². The molecule has 4 nitrogen and oxygen atoms in total. The summed E-state index contributed by atoms with van der Waals surface area (Å²) in [6.45, 7) is 1.37. The Kier molecular flexibility index (Phi) is 4.37. The Labute approximate surface area is 109 Å². The first-order chi connectivity index (χ1) is 8.58. The van der Waals surface area contributed by atoms with E-state index < -0.39 is 10.0 Å². The maximum Gasteiger partial charge on any atom is 0.215 e. The Hall–Kier alpha value is -0.910. The fourth-order valence-electron chi connectivity index (χ4n) is 2.22. The normalized spacial score (nSPS) is 20.4. The van der Waals surface area contributed by atoms with Crippen LogP contribution in [-0.4, -0.2) is 38.1 Å². The minimum absolute atomic E-state index is 0.119. The Morgan fingerprint density at radius 2 is 2.06 bits per heavy atom. The average molecular weight is 268 g/mol. The molecule has 1 aliphatic rings. The van der Waals surface area contributed by atoms with Gasteiger partial charge in [-0.25, -0.2) is 12.7 Å².